The molecule has 0 aliphatic carbocycles. The maximum Gasteiger partial charge on any atom is 0.271 e. The summed E-state index contributed by atoms with van der Waals surface area (Å²) < 4.78 is 12.9. The number of halogens is 3. The van der Waals surface area contributed by atoms with Gasteiger partial charge in [0.05, 0.1) is 0 Å². The Hall–Kier alpha value is -1.21. The first-order valence-corrected chi connectivity index (χ1v) is 7.03. The van der Waals surface area contributed by atoms with Crippen molar-refractivity contribution >= 4 is 42.1 Å². The van der Waals surface area contributed by atoms with Crippen LogP contribution in [0.2, 0.25) is 0 Å². The molecule has 4 nitrogen and oxygen atoms in total. The van der Waals surface area contributed by atoms with E-state index in [2.05, 4.69) is 10.3 Å². The monoisotopic (exact) mass is 365 g/mol. The summed E-state index contributed by atoms with van der Waals surface area (Å²) in [7, 11) is 0. The van der Waals surface area contributed by atoms with E-state index in [9.17, 15) is 9.18 Å². The first kappa shape index (κ1) is 20.8. The van der Waals surface area contributed by atoms with E-state index < -0.39 is 5.54 Å². The van der Waals surface area contributed by atoms with Crippen molar-refractivity contribution in [2.24, 2.45) is 5.73 Å². The van der Waals surface area contributed by atoms with Crippen molar-refractivity contribution in [3.05, 3.63) is 41.2 Å². The van der Waals surface area contributed by atoms with Gasteiger partial charge in [-0.3, -0.25) is 4.79 Å². The van der Waals surface area contributed by atoms with Crippen LogP contribution in [0.4, 0.5) is 4.39 Å². The Morgan fingerprint density at radius 3 is 2.45 bits per heavy atom. The summed E-state index contributed by atoms with van der Waals surface area (Å²) in [5, 5.41) is 5.18. The molecule has 0 saturated carbocycles. The molecule has 1 aromatic heterocycles. The molecule has 2 rings (SSSR count). The molecule has 1 amide bonds. The van der Waals surface area contributed by atoms with Crippen LogP contribution in [-0.2, 0) is 0 Å². The lowest BCUT2D eigenvalue weighted by molar-refractivity contribution is 0.0911. The maximum absolute atomic E-state index is 12.9. The normalized spacial score (nSPS) is 10.4. The van der Waals surface area contributed by atoms with Crippen LogP contribution in [0.25, 0.3) is 10.6 Å². The Morgan fingerprint density at radius 2 is 1.91 bits per heavy atom. The molecule has 0 bridgehead atoms. The van der Waals surface area contributed by atoms with E-state index in [0.29, 0.717) is 17.2 Å². The third-order valence-corrected chi connectivity index (χ3v) is 3.68. The molecule has 1 aromatic carbocycles. The number of rotatable bonds is 4. The highest BCUT2D eigenvalue weighted by atomic mass is 35.5. The molecule has 0 unspecified atom stereocenters. The van der Waals surface area contributed by atoms with Crippen LogP contribution in [0.5, 0.6) is 0 Å². The minimum atomic E-state index is -0.475. The van der Waals surface area contributed by atoms with Crippen molar-refractivity contribution in [3.63, 3.8) is 0 Å². The van der Waals surface area contributed by atoms with Crippen LogP contribution >= 0.6 is 36.2 Å². The molecule has 0 fully saturated rings. The van der Waals surface area contributed by atoms with Gasteiger partial charge in [-0.25, -0.2) is 9.37 Å². The lowest BCUT2D eigenvalue weighted by atomic mass is 10.1. The zero-order valence-electron chi connectivity index (χ0n) is 12.1. The molecule has 22 heavy (non-hydrogen) atoms. The molecule has 2 aromatic rings. The molecule has 0 radical (unpaired) electrons. The molecule has 122 valence electrons. The number of carbonyl (C=O) groups is 1. The zero-order chi connectivity index (χ0) is 14.8. The van der Waals surface area contributed by atoms with Gasteiger partial charge >= 0.3 is 0 Å². The SMILES string of the molecule is CC(C)(CN)NC(=O)c1csc(-c2ccc(F)cc2)n1.Cl.Cl. The highest BCUT2D eigenvalue weighted by molar-refractivity contribution is 7.13. The molecule has 0 atom stereocenters. The fourth-order valence-corrected chi connectivity index (χ4v) is 2.33. The van der Waals surface area contributed by atoms with Crippen LogP contribution in [0.1, 0.15) is 24.3 Å². The summed E-state index contributed by atoms with van der Waals surface area (Å²) in [5.74, 6) is -0.557. The Bertz CT molecular complexity index is 617. The van der Waals surface area contributed by atoms with Gasteiger partial charge in [0.15, 0.2) is 0 Å². The fourth-order valence-electron chi connectivity index (χ4n) is 1.53. The molecule has 8 heteroatoms. The number of nitrogens with zero attached hydrogens (tertiary/aromatic N) is 1. The quantitative estimate of drug-likeness (QED) is 0.873. The minimum Gasteiger partial charge on any atom is -0.345 e. The summed E-state index contributed by atoms with van der Waals surface area (Å²) in [6.07, 6.45) is 0. The fraction of sp³-hybridized carbons (Fsp3) is 0.286. The van der Waals surface area contributed by atoms with Gasteiger partial charge in [-0.05, 0) is 38.1 Å². The van der Waals surface area contributed by atoms with Crippen LogP contribution in [0.3, 0.4) is 0 Å². The number of benzene rings is 1. The molecule has 0 spiro atoms. The van der Waals surface area contributed by atoms with E-state index >= 15 is 0 Å². The standard InChI is InChI=1S/C14H16FN3OS.2ClH/c1-14(2,8-16)18-12(19)11-7-20-13(17-11)9-3-5-10(15)6-4-9;;/h3-7H,8,16H2,1-2H3,(H,18,19);2*1H. The third-order valence-electron chi connectivity index (χ3n) is 2.79. The van der Waals surface area contributed by atoms with Crippen molar-refractivity contribution in [2.75, 3.05) is 6.54 Å². The number of nitrogens with two attached hydrogens (primary N) is 1. The highest BCUT2D eigenvalue weighted by Crippen LogP contribution is 2.24. The predicted molar refractivity (Wildman–Crippen MR) is 92.6 cm³/mol. The molecule has 0 aliphatic rings. The van der Waals surface area contributed by atoms with E-state index in [1.165, 1.54) is 23.5 Å². The Balaban J connectivity index is 0.00000220. The van der Waals surface area contributed by atoms with Crippen molar-refractivity contribution in [2.45, 2.75) is 19.4 Å². The van der Waals surface area contributed by atoms with Gasteiger partial charge in [0.25, 0.3) is 5.91 Å². The van der Waals surface area contributed by atoms with Crippen molar-refractivity contribution in [3.8, 4) is 10.6 Å². The second-order valence-electron chi connectivity index (χ2n) is 5.09. The van der Waals surface area contributed by atoms with E-state index in [-0.39, 0.29) is 36.5 Å². The Labute approximate surface area is 145 Å². The molecule has 1 heterocycles. The lowest BCUT2D eigenvalue weighted by Gasteiger charge is -2.23. The number of thiazole rings is 1. The largest absolute Gasteiger partial charge is 0.345 e. The summed E-state index contributed by atoms with van der Waals surface area (Å²) in [4.78, 5) is 16.3. The number of nitrogens with one attached hydrogen (secondary N) is 1. The number of amides is 1. The topological polar surface area (TPSA) is 68.0 Å². The van der Waals surface area contributed by atoms with Crippen LogP contribution in [0.15, 0.2) is 29.6 Å². The molecule has 3 N–H and O–H groups in total. The smallest absolute Gasteiger partial charge is 0.271 e. The van der Waals surface area contributed by atoms with Gasteiger partial charge < -0.3 is 11.1 Å². The minimum absolute atomic E-state index is 0. The van der Waals surface area contributed by atoms with Gasteiger partial charge in [0, 0.05) is 23.0 Å². The number of hydrogen-bond donors (Lipinski definition) is 2. The lowest BCUT2D eigenvalue weighted by Crippen LogP contribution is -2.48. The van der Waals surface area contributed by atoms with Crippen molar-refractivity contribution in [1.29, 1.82) is 0 Å². The predicted octanol–water partition coefficient (Wildman–Crippen LogP) is 3.26. The van der Waals surface area contributed by atoms with Crippen LogP contribution < -0.4 is 11.1 Å². The first-order valence-electron chi connectivity index (χ1n) is 6.15. The average molecular weight is 366 g/mol. The van der Waals surface area contributed by atoms with Gasteiger partial charge in [-0.15, -0.1) is 36.2 Å². The van der Waals surface area contributed by atoms with E-state index in [1.807, 2.05) is 13.8 Å². The number of carbonyl (C=O) groups excluding carboxylic acids is 1. The summed E-state index contributed by atoms with van der Waals surface area (Å²) in [6.45, 7) is 4.03. The molecule has 0 saturated heterocycles. The summed E-state index contributed by atoms with van der Waals surface area (Å²) >= 11 is 1.34. The third kappa shape index (κ3) is 5.21. The second kappa shape index (κ2) is 8.43. The van der Waals surface area contributed by atoms with Gasteiger partial charge in [-0.1, -0.05) is 0 Å². The zero-order valence-corrected chi connectivity index (χ0v) is 14.6. The Kier molecular flexibility index (Phi) is 7.97. The maximum atomic E-state index is 12.9. The van der Waals surface area contributed by atoms with Crippen LogP contribution in [0, 0.1) is 5.82 Å². The summed E-state index contributed by atoms with van der Waals surface area (Å²) in [6, 6.07) is 6.02. The van der Waals surface area contributed by atoms with E-state index in [4.69, 9.17) is 5.73 Å². The van der Waals surface area contributed by atoms with E-state index in [0.717, 1.165) is 5.56 Å². The van der Waals surface area contributed by atoms with Crippen molar-refractivity contribution < 1.29 is 9.18 Å². The highest BCUT2D eigenvalue weighted by Gasteiger charge is 2.21. The molecule has 0 aliphatic heterocycles. The Morgan fingerprint density at radius 1 is 1.32 bits per heavy atom. The van der Waals surface area contributed by atoms with Crippen LogP contribution in [-0.4, -0.2) is 23.0 Å². The molecular formula is C14H18Cl2FN3OS. The first-order chi connectivity index (χ1) is 9.41. The van der Waals surface area contributed by atoms with Gasteiger partial charge in [-0.2, -0.15) is 0 Å². The van der Waals surface area contributed by atoms with E-state index in [1.54, 1.807) is 17.5 Å². The average Bonchev–Trinajstić information content (AvgIpc) is 2.89. The second-order valence-corrected chi connectivity index (χ2v) is 5.95. The number of hydrogen-bond acceptors (Lipinski definition) is 4. The molecular weight excluding hydrogens is 348 g/mol. The number of aromatic nitrogens is 1. The van der Waals surface area contributed by atoms with Gasteiger partial charge in [0.2, 0.25) is 0 Å². The summed E-state index contributed by atoms with van der Waals surface area (Å²) in [5.41, 5.74) is 6.23. The van der Waals surface area contributed by atoms with Crippen molar-refractivity contribution in [1.82, 2.24) is 10.3 Å². The van der Waals surface area contributed by atoms with Gasteiger partial charge in [0.1, 0.15) is 16.5 Å².